The number of nitrogens with zero attached hydrogens (tertiary/aromatic N) is 2. The van der Waals surface area contributed by atoms with Crippen LogP contribution in [0.2, 0.25) is 0 Å². The molecule has 0 saturated heterocycles. The molecule has 2 aliphatic rings. The predicted octanol–water partition coefficient (Wildman–Crippen LogP) is 2.07. The lowest BCUT2D eigenvalue weighted by Gasteiger charge is -2.15. The van der Waals surface area contributed by atoms with E-state index >= 15 is 0 Å². The molecule has 0 saturated carbocycles. The van der Waals surface area contributed by atoms with E-state index in [4.69, 9.17) is 4.74 Å². The summed E-state index contributed by atoms with van der Waals surface area (Å²) in [5.74, 6) is 0.645. The second-order valence-corrected chi connectivity index (χ2v) is 3.24. The first kappa shape index (κ1) is 8.23. The van der Waals surface area contributed by atoms with Crippen LogP contribution in [0.4, 0.5) is 0 Å². The fourth-order valence-corrected chi connectivity index (χ4v) is 1.27. The van der Waals surface area contributed by atoms with Gasteiger partial charge in [0.1, 0.15) is 11.8 Å². The molecule has 1 atom stereocenters. The average molecular weight is 176 g/mol. The number of aliphatic imine (C=N–C) groups is 2. The number of rotatable bonds is 0. The van der Waals surface area contributed by atoms with Crippen LogP contribution in [0, 0.1) is 0 Å². The van der Waals surface area contributed by atoms with Gasteiger partial charge in [0.15, 0.2) is 0 Å². The quantitative estimate of drug-likeness (QED) is 0.556. The van der Waals surface area contributed by atoms with Gasteiger partial charge in [-0.3, -0.25) is 4.99 Å². The van der Waals surface area contributed by atoms with Gasteiger partial charge in [0.2, 0.25) is 5.88 Å². The number of hydrogen-bond donors (Lipinski definition) is 0. The summed E-state index contributed by atoms with van der Waals surface area (Å²) in [6.07, 6.45) is 6.70. The molecule has 0 aromatic heterocycles. The summed E-state index contributed by atoms with van der Waals surface area (Å²) in [6, 6.07) is 0. The van der Waals surface area contributed by atoms with Crippen molar-refractivity contribution in [2.45, 2.75) is 26.4 Å². The largest absolute Gasteiger partial charge is 0.469 e. The molecule has 3 heteroatoms. The van der Waals surface area contributed by atoms with E-state index in [1.807, 2.05) is 32.2 Å². The first-order valence-electron chi connectivity index (χ1n) is 4.41. The molecule has 0 bridgehead atoms. The molecule has 0 aliphatic carbocycles. The number of hydrogen-bond acceptors (Lipinski definition) is 3. The molecular weight excluding hydrogens is 164 g/mol. The Hall–Kier alpha value is -1.38. The third-order valence-electron chi connectivity index (χ3n) is 1.95. The van der Waals surface area contributed by atoms with Crippen LogP contribution in [0.1, 0.15) is 20.3 Å². The second-order valence-electron chi connectivity index (χ2n) is 3.24. The lowest BCUT2D eigenvalue weighted by Crippen LogP contribution is -2.08. The molecule has 0 fully saturated rings. The van der Waals surface area contributed by atoms with E-state index in [1.165, 1.54) is 0 Å². The van der Waals surface area contributed by atoms with Gasteiger partial charge in [0, 0.05) is 18.3 Å². The molecule has 0 spiro atoms. The van der Waals surface area contributed by atoms with Crippen molar-refractivity contribution < 1.29 is 4.74 Å². The zero-order chi connectivity index (χ0) is 9.26. The third kappa shape index (κ3) is 1.69. The zero-order valence-corrected chi connectivity index (χ0v) is 7.82. The van der Waals surface area contributed by atoms with E-state index in [2.05, 4.69) is 9.98 Å². The second kappa shape index (κ2) is 3.17. The molecule has 0 aromatic rings. The van der Waals surface area contributed by atoms with Crippen molar-refractivity contribution in [1.82, 2.24) is 0 Å². The predicted molar refractivity (Wildman–Crippen MR) is 52.9 cm³/mol. The highest BCUT2D eigenvalue weighted by atomic mass is 16.5. The van der Waals surface area contributed by atoms with E-state index in [9.17, 15) is 0 Å². The minimum absolute atomic E-state index is 0.101. The van der Waals surface area contributed by atoms with Crippen LogP contribution in [0.15, 0.2) is 33.7 Å². The van der Waals surface area contributed by atoms with Gasteiger partial charge in [-0.05, 0) is 26.0 Å². The van der Waals surface area contributed by atoms with E-state index in [0.717, 1.165) is 17.8 Å². The maximum Gasteiger partial charge on any atom is 0.240 e. The van der Waals surface area contributed by atoms with E-state index < -0.39 is 0 Å². The Morgan fingerprint density at radius 2 is 2.38 bits per heavy atom. The monoisotopic (exact) mass is 176 g/mol. The van der Waals surface area contributed by atoms with Gasteiger partial charge in [-0.25, -0.2) is 4.99 Å². The van der Waals surface area contributed by atoms with Crippen molar-refractivity contribution in [3.05, 3.63) is 23.7 Å². The van der Waals surface area contributed by atoms with Gasteiger partial charge in [0.25, 0.3) is 0 Å². The van der Waals surface area contributed by atoms with Gasteiger partial charge in [-0.15, -0.1) is 0 Å². The summed E-state index contributed by atoms with van der Waals surface area (Å²) < 4.78 is 5.51. The Kier molecular flexibility index (Phi) is 2.00. The maximum atomic E-state index is 5.51. The van der Waals surface area contributed by atoms with Crippen molar-refractivity contribution in [1.29, 1.82) is 0 Å². The van der Waals surface area contributed by atoms with Gasteiger partial charge in [0.05, 0.1) is 0 Å². The van der Waals surface area contributed by atoms with E-state index in [1.54, 1.807) is 0 Å². The fourth-order valence-electron chi connectivity index (χ4n) is 1.27. The molecule has 3 nitrogen and oxygen atoms in total. The Bertz CT molecular complexity index is 337. The number of allylic oxidation sites excluding steroid dienone is 1. The normalized spacial score (nSPS) is 26.3. The molecule has 1 unspecified atom stereocenters. The summed E-state index contributed by atoms with van der Waals surface area (Å²) in [5, 5.41) is 0. The molecule has 0 aromatic carbocycles. The third-order valence-corrected chi connectivity index (χ3v) is 1.95. The van der Waals surface area contributed by atoms with Crippen molar-refractivity contribution in [3.8, 4) is 0 Å². The van der Waals surface area contributed by atoms with E-state index in [-0.39, 0.29) is 6.10 Å². The SMILES string of the molecule is CC1=NC2=C(N=CC1)OC(C)C=C2. The highest BCUT2D eigenvalue weighted by Crippen LogP contribution is 2.21. The molecule has 0 amide bonds. The van der Waals surface area contributed by atoms with Gasteiger partial charge in [-0.2, -0.15) is 0 Å². The minimum Gasteiger partial charge on any atom is -0.469 e. The van der Waals surface area contributed by atoms with Crippen LogP contribution < -0.4 is 0 Å². The molecule has 0 N–H and O–H groups in total. The fraction of sp³-hybridized carbons (Fsp3) is 0.400. The highest BCUT2D eigenvalue weighted by molar-refractivity contribution is 5.95. The van der Waals surface area contributed by atoms with Crippen molar-refractivity contribution >= 4 is 11.9 Å². The summed E-state index contributed by atoms with van der Waals surface area (Å²) in [7, 11) is 0. The van der Waals surface area contributed by atoms with Crippen LogP contribution in [0.25, 0.3) is 0 Å². The summed E-state index contributed by atoms with van der Waals surface area (Å²) in [5.41, 5.74) is 1.90. The van der Waals surface area contributed by atoms with Crippen LogP contribution in [0.5, 0.6) is 0 Å². The minimum atomic E-state index is 0.101. The molecular formula is C10H12N2O. The Balaban J connectivity index is 2.38. The first-order chi connectivity index (χ1) is 6.25. The zero-order valence-electron chi connectivity index (χ0n) is 7.82. The molecule has 68 valence electrons. The number of ether oxygens (including phenoxy) is 1. The molecule has 13 heavy (non-hydrogen) atoms. The van der Waals surface area contributed by atoms with Crippen LogP contribution >= 0.6 is 0 Å². The van der Waals surface area contributed by atoms with Gasteiger partial charge in [-0.1, -0.05) is 0 Å². The molecule has 0 radical (unpaired) electrons. The van der Waals surface area contributed by atoms with Crippen molar-refractivity contribution in [2.24, 2.45) is 9.98 Å². The summed E-state index contributed by atoms with van der Waals surface area (Å²) >= 11 is 0. The Labute approximate surface area is 77.5 Å². The van der Waals surface area contributed by atoms with E-state index in [0.29, 0.717) is 5.88 Å². The lowest BCUT2D eigenvalue weighted by molar-refractivity contribution is 0.161. The summed E-state index contributed by atoms with van der Waals surface area (Å²) in [4.78, 5) is 8.60. The highest BCUT2D eigenvalue weighted by Gasteiger charge is 2.14. The van der Waals surface area contributed by atoms with Crippen LogP contribution in [-0.2, 0) is 4.74 Å². The van der Waals surface area contributed by atoms with Crippen LogP contribution in [0.3, 0.4) is 0 Å². The van der Waals surface area contributed by atoms with Crippen molar-refractivity contribution in [3.63, 3.8) is 0 Å². The first-order valence-corrected chi connectivity index (χ1v) is 4.41. The molecule has 2 rings (SSSR count). The Morgan fingerprint density at radius 1 is 1.54 bits per heavy atom. The molecule has 2 aliphatic heterocycles. The maximum absolute atomic E-state index is 5.51. The average Bonchev–Trinajstić information content (AvgIpc) is 2.25. The van der Waals surface area contributed by atoms with Crippen molar-refractivity contribution in [2.75, 3.05) is 0 Å². The topological polar surface area (TPSA) is 34.0 Å². The van der Waals surface area contributed by atoms with Crippen LogP contribution in [-0.4, -0.2) is 18.0 Å². The lowest BCUT2D eigenvalue weighted by atomic mass is 10.2. The summed E-state index contributed by atoms with van der Waals surface area (Å²) in [6.45, 7) is 3.98. The van der Waals surface area contributed by atoms with Gasteiger partial charge >= 0.3 is 0 Å². The smallest absolute Gasteiger partial charge is 0.240 e. The standard InChI is InChI=1S/C10H12N2O/c1-7-5-6-11-10-9(12-7)4-3-8(2)13-10/h3-4,6,8H,5H2,1-2H3. The van der Waals surface area contributed by atoms with Gasteiger partial charge < -0.3 is 4.74 Å². The molecule has 2 heterocycles. The Morgan fingerprint density at radius 3 is 3.23 bits per heavy atom.